The number of rotatable bonds is 8. The quantitative estimate of drug-likeness (QED) is 0.349. The highest BCUT2D eigenvalue weighted by atomic mass is 16.5. The van der Waals surface area contributed by atoms with Crippen molar-refractivity contribution in [2.75, 3.05) is 50.3 Å². The van der Waals surface area contributed by atoms with Crippen molar-refractivity contribution in [1.29, 1.82) is 0 Å². The Hall–Kier alpha value is -4.15. The number of hydrogen-bond acceptors (Lipinski definition) is 8. The molecule has 2 aromatic heterocycles. The van der Waals surface area contributed by atoms with Crippen molar-refractivity contribution in [2.45, 2.75) is 31.4 Å². The van der Waals surface area contributed by atoms with Gasteiger partial charge in [-0.2, -0.15) is 4.98 Å². The molecule has 2 fully saturated rings. The van der Waals surface area contributed by atoms with Gasteiger partial charge in [0, 0.05) is 63.6 Å². The zero-order chi connectivity index (χ0) is 27.8. The second kappa shape index (κ2) is 10.8. The number of carboxylic acids is 1. The first-order valence-electron chi connectivity index (χ1n) is 13.5. The molecule has 0 amide bonds. The van der Waals surface area contributed by atoms with E-state index in [1.54, 1.807) is 18.8 Å². The van der Waals surface area contributed by atoms with Gasteiger partial charge in [-0.1, -0.05) is 12.1 Å². The molecule has 40 heavy (non-hydrogen) atoms. The molecule has 0 radical (unpaired) electrons. The molecule has 0 aliphatic carbocycles. The van der Waals surface area contributed by atoms with Crippen LogP contribution < -0.4 is 15.2 Å². The number of hydrogen-bond donors (Lipinski definition) is 1. The van der Waals surface area contributed by atoms with Crippen LogP contribution in [0.2, 0.25) is 0 Å². The van der Waals surface area contributed by atoms with Crippen LogP contribution in [-0.2, 0) is 9.47 Å². The minimum Gasteiger partial charge on any atom is -0.477 e. The van der Waals surface area contributed by atoms with E-state index < -0.39 is 11.4 Å². The van der Waals surface area contributed by atoms with Crippen LogP contribution in [0.4, 0.5) is 11.7 Å². The maximum absolute atomic E-state index is 12.8. The Bertz CT molecular complexity index is 1590. The number of aromatic nitrogens is 2. The number of pyridine rings is 1. The van der Waals surface area contributed by atoms with Gasteiger partial charge in [0.05, 0.1) is 24.4 Å². The molecule has 10 heteroatoms. The number of methoxy groups -OCH3 is 2. The summed E-state index contributed by atoms with van der Waals surface area (Å²) in [7, 11) is 3.43. The Morgan fingerprint density at radius 3 is 2.60 bits per heavy atom. The van der Waals surface area contributed by atoms with E-state index in [0.717, 1.165) is 50.1 Å². The summed E-state index contributed by atoms with van der Waals surface area (Å²) in [6.45, 7) is 3.20. The molecule has 4 heterocycles. The van der Waals surface area contributed by atoms with Gasteiger partial charge in [0.2, 0.25) is 0 Å². The van der Waals surface area contributed by atoms with E-state index in [0.29, 0.717) is 35.1 Å². The number of benzene rings is 2. The average molecular weight is 545 g/mol. The Morgan fingerprint density at radius 2 is 1.88 bits per heavy atom. The Labute approximate surface area is 231 Å². The lowest BCUT2D eigenvalue weighted by molar-refractivity contribution is 0.0695. The average Bonchev–Trinajstić information content (AvgIpc) is 3.72. The first kappa shape index (κ1) is 26.1. The van der Waals surface area contributed by atoms with Gasteiger partial charge in [-0.25, -0.2) is 4.79 Å². The highest BCUT2D eigenvalue weighted by molar-refractivity contribution is 5.88. The second-order valence-corrected chi connectivity index (χ2v) is 10.3. The van der Waals surface area contributed by atoms with Gasteiger partial charge in [-0.05, 0) is 49.1 Å². The van der Waals surface area contributed by atoms with E-state index in [4.69, 9.17) is 18.9 Å². The Balaban J connectivity index is 1.38. The van der Waals surface area contributed by atoms with Crippen molar-refractivity contribution in [1.82, 2.24) is 9.55 Å². The molecule has 2 aliphatic heterocycles. The van der Waals surface area contributed by atoms with Crippen molar-refractivity contribution in [3.63, 3.8) is 0 Å². The molecule has 6 rings (SSSR count). The summed E-state index contributed by atoms with van der Waals surface area (Å²) in [5.74, 6) is -1.27. The molecule has 0 bridgehead atoms. The zero-order valence-electron chi connectivity index (χ0n) is 22.6. The van der Waals surface area contributed by atoms with E-state index in [-0.39, 0.29) is 17.7 Å². The van der Waals surface area contributed by atoms with Crippen molar-refractivity contribution >= 4 is 28.8 Å². The number of aromatic carboxylic acids is 1. The molecule has 10 nitrogen and oxygen atoms in total. The molecule has 2 aromatic carbocycles. The molecule has 2 aliphatic rings. The van der Waals surface area contributed by atoms with Gasteiger partial charge in [0.15, 0.2) is 11.0 Å². The van der Waals surface area contributed by atoms with E-state index in [1.807, 2.05) is 42.5 Å². The first-order chi connectivity index (χ1) is 19.4. The van der Waals surface area contributed by atoms with Crippen molar-refractivity contribution in [2.24, 2.45) is 0 Å². The fourth-order valence-corrected chi connectivity index (χ4v) is 5.76. The van der Waals surface area contributed by atoms with Gasteiger partial charge in [0.1, 0.15) is 11.1 Å². The minimum absolute atomic E-state index is 0.213. The molecular weight excluding hydrogens is 512 g/mol. The normalized spacial score (nSPS) is 19.1. The monoisotopic (exact) mass is 544 g/mol. The minimum atomic E-state index is -1.27. The molecule has 4 aromatic rings. The third-order valence-corrected chi connectivity index (χ3v) is 7.91. The maximum atomic E-state index is 12.8. The molecule has 0 unspecified atom stereocenters. The number of anilines is 2. The SMILES string of the molecule is COC[C@H]1CCCN1c1nc2ccc(-n3cc(C(=O)O)c(=O)cc3-c3ccc(N4CC[C@@H](OC)C4)cc3)cc2o1. The van der Waals surface area contributed by atoms with Crippen LogP contribution >= 0.6 is 0 Å². The van der Waals surface area contributed by atoms with Gasteiger partial charge in [0.25, 0.3) is 6.01 Å². The predicted molar refractivity (Wildman–Crippen MR) is 152 cm³/mol. The number of nitrogens with zero attached hydrogens (tertiary/aromatic N) is 4. The lowest BCUT2D eigenvalue weighted by Gasteiger charge is -2.21. The summed E-state index contributed by atoms with van der Waals surface area (Å²) in [4.78, 5) is 33.7. The summed E-state index contributed by atoms with van der Waals surface area (Å²) in [5, 5.41) is 9.69. The molecule has 208 valence electrons. The largest absolute Gasteiger partial charge is 0.477 e. The number of ether oxygens (including phenoxy) is 2. The topological polar surface area (TPSA) is 110 Å². The van der Waals surface area contributed by atoms with Gasteiger partial charge in [-0.3, -0.25) is 4.79 Å². The van der Waals surface area contributed by atoms with E-state index in [1.165, 1.54) is 12.3 Å². The zero-order valence-corrected chi connectivity index (χ0v) is 22.6. The molecule has 2 saturated heterocycles. The van der Waals surface area contributed by atoms with Crippen molar-refractivity contribution in [3.05, 3.63) is 70.5 Å². The highest BCUT2D eigenvalue weighted by Gasteiger charge is 2.28. The summed E-state index contributed by atoms with van der Waals surface area (Å²) < 4.78 is 18.8. The number of carboxylic acid groups (broad SMARTS) is 1. The number of carbonyl (C=O) groups is 1. The molecule has 1 N–H and O–H groups in total. The molecule has 2 atom stereocenters. The highest BCUT2D eigenvalue weighted by Crippen LogP contribution is 2.32. The lowest BCUT2D eigenvalue weighted by atomic mass is 10.1. The summed E-state index contributed by atoms with van der Waals surface area (Å²) in [6, 6.07) is 15.6. The van der Waals surface area contributed by atoms with Crippen LogP contribution in [0.3, 0.4) is 0 Å². The van der Waals surface area contributed by atoms with Gasteiger partial charge >= 0.3 is 5.97 Å². The lowest BCUT2D eigenvalue weighted by Crippen LogP contribution is -2.32. The summed E-state index contributed by atoms with van der Waals surface area (Å²) in [6.07, 6.45) is 4.63. The van der Waals surface area contributed by atoms with Crippen molar-refractivity contribution in [3.8, 4) is 16.9 Å². The third kappa shape index (κ3) is 4.84. The van der Waals surface area contributed by atoms with Gasteiger partial charge < -0.3 is 33.4 Å². The maximum Gasteiger partial charge on any atom is 0.341 e. The molecule has 0 saturated carbocycles. The Kier molecular flexibility index (Phi) is 7.03. The van der Waals surface area contributed by atoms with Gasteiger partial charge in [-0.15, -0.1) is 0 Å². The molecular formula is C30H32N4O6. The smallest absolute Gasteiger partial charge is 0.341 e. The predicted octanol–water partition coefficient (Wildman–Crippen LogP) is 4.18. The number of oxazole rings is 1. The Morgan fingerprint density at radius 1 is 1.07 bits per heavy atom. The fourth-order valence-electron chi connectivity index (χ4n) is 5.76. The van der Waals surface area contributed by atoms with Crippen LogP contribution in [0.15, 0.2) is 63.9 Å². The first-order valence-corrected chi connectivity index (χ1v) is 13.5. The van der Waals surface area contributed by atoms with Crippen molar-refractivity contribution < 1.29 is 23.8 Å². The third-order valence-electron chi connectivity index (χ3n) is 7.91. The summed E-state index contributed by atoms with van der Waals surface area (Å²) in [5.41, 5.74) is 3.53. The molecule has 0 spiro atoms. The standard InChI is InChI=1S/C30H32N4O6/c1-38-18-22-4-3-12-33(22)30-31-25-10-9-21(14-28(25)40-30)34-17-24(29(36)37)27(35)15-26(34)19-5-7-20(8-6-19)32-13-11-23(16-32)39-2/h5-10,14-15,17,22-23H,3-4,11-13,16,18H2,1-2H3,(H,36,37)/t22-,23-/m1/s1. The van der Waals surface area contributed by atoms with Crippen LogP contribution in [-0.4, -0.2) is 73.2 Å². The van der Waals surface area contributed by atoms with E-state index in [2.05, 4.69) is 9.80 Å². The number of fused-ring (bicyclic) bond motifs is 1. The van der Waals surface area contributed by atoms with Crippen LogP contribution in [0.25, 0.3) is 28.0 Å². The van der Waals surface area contributed by atoms with E-state index >= 15 is 0 Å². The fraction of sp³-hybridized carbons (Fsp3) is 0.367. The van der Waals surface area contributed by atoms with Crippen LogP contribution in [0.1, 0.15) is 29.6 Å². The second-order valence-electron chi connectivity index (χ2n) is 10.3. The van der Waals surface area contributed by atoms with Crippen LogP contribution in [0.5, 0.6) is 0 Å². The summed E-state index contributed by atoms with van der Waals surface area (Å²) >= 11 is 0. The van der Waals surface area contributed by atoms with E-state index in [9.17, 15) is 14.7 Å². The van der Waals surface area contributed by atoms with Crippen LogP contribution in [0, 0.1) is 0 Å².